The lowest BCUT2D eigenvalue weighted by Crippen LogP contribution is -2.43. The van der Waals surface area contributed by atoms with Crippen molar-refractivity contribution in [1.29, 1.82) is 0 Å². The first-order valence-electron chi connectivity index (χ1n) is 9.46. The van der Waals surface area contributed by atoms with Crippen LogP contribution in [-0.2, 0) is 4.74 Å². The molecule has 29 heavy (non-hydrogen) atoms. The van der Waals surface area contributed by atoms with Crippen molar-refractivity contribution in [1.82, 2.24) is 9.88 Å². The van der Waals surface area contributed by atoms with Gasteiger partial charge in [-0.2, -0.15) is 0 Å². The van der Waals surface area contributed by atoms with Gasteiger partial charge in [-0.1, -0.05) is 35.1 Å². The summed E-state index contributed by atoms with van der Waals surface area (Å²) in [6, 6.07) is 11.3. The Morgan fingerprint density at radius 2 is 2.07 bits per heavy atom. The van der Waals surface area contributed by atoms with Crippen LogP contribution in [0.4, 0.5) is 5.13 Å². The summed E-state index contributed by atoms with van der Waals surface area (Å²) in [6.07, 6.45) is 0. The van der Waals surface area contributed by atoms with E-state index in [2.05, 4.69) is 20.8 Å². The summed E-state index contributed by atoms with van der Waals surface area (Å²) in [5, 5.41) is 1.38. The number of hydrogen-bond donors (Lipinski definition) is 0. The third-order valence-electron chi connectivity index (χ3n) is 4.96. The summed E-state index contributed by atoms with van der Waals surface area (Å²) in [5.41, 5.74) is 2.53. The van der Waals surface area contributed by atoms with E-state index in [9.17, 15) is 4.79 Å². The first kappa shape index (κ1) is 20.8. The summed E-state index contributed by atoms with van der Waals surface area (Å²) >= 11 is 11.2. The van der Waals surface area contributed by atoms with Crippen LogP contribution in [0.1, 0.15) is 15.9 Å². The van der Waals surface area contributed by atoms with Gasteiger partial charge in [-0.3, -0.25) is 14.6 Å². The molecule has 0 unspecified atom stereocenters. The second kappa shape index (κ2) is 9.10. The van der Waals surface area contributed by atoms with E-state index in [0.717, 1.165) is 53.1 Å². The predicted molar refractivity (Wildman–Crippen MR) is 122 cm³/mol. The van der Waals surface area contributed by atoms with E-state index in [1.807, 2.05) is 43.3 Å². The Hall–Kier alpha value is -1.51. The number of halogens is 2. The molecule has 2 aromatic carbocycles. The summed E-state index contributed by atoms with van der Waals surface area (Å²) in [5.74, 6) is -0.0615. The quantitative estimate of drug-likeness (QED) is 0.501. The molecule has 0 radical (unpaired) electrons. The fraction of sp³-hybridized carbons (Fsp3) is 0.333. The summed E-state index contributed by atoms with van der Waals surface area (Å²) in [4.78, 5) is 22.4. The molecule has 1 aliphatic rings. The van der Waals surface area contributed by atoms with E-state index in [0.29, 0.717) is 22.3 Å². The van der Waals surface area contributed by atoms with E-state index in [1.54, 1.807) is 4.90 Å². The molecule has 1 amide bonds. The Morgan fingerprint density at radius 3 is 2.83 bits per heavy atom. The maximum Gasteiger partial charge on any atom is 0.261 e. The monoisotopic (exact) mass is 493 g/mol. The van der Waals surface area contributed by atoms with E-state index >= 15 is 0 Å². The van der Waals surface area contributed by atoms with Crippen LogP contribution in [-0.4, -0.2) is 55.2 Å². The van der Waals surface area contributed by atoms with Crippen LogP contribution in [0.2, 0.25) is 5.02 Å². The minimum Gasteiger partial charge on any atom is -0.379 e. The van der Waals surface area contributed by atoms with Gasteiger partial charge in [-0.05, 0) is 52.7 Å². The number of ether oxygens (including phenoxy) is 1. The molecule has 3 aromatic rings. The lowest BCUT2D eigenvalue weighted by atomic mass is 10.2. The number of amides is 1. The highest BCUT2D eigenvalue weighted by atomic mass is 79.9. The summed E-state index contributed by atoms with van der Waals surface area (Å²) < 4.78 is 7.20. The molecule has 1 aliphatic heterocycles. The van der Waals surface area contributed by atoms with Gasteiger partial charge >= 0.3 is 0 Å². The van der Waals surface area contributed by atoms with Crippen LogP contribution < -0.4 is 4.90 Å². The standard InChI is InChI=1S/C21H21BrClN3O2S/c1-14-12-15(23)13-18-19(14)24-21(29-18)26(7-6-25-8-10-28-11-9-25)20(27)16-4-2-3-5-17(16)22/h2-5,12-13H,6-11H2,1H3. The average molecular weight is 495 g/mol. The number of thiazole rings is 1. The number of nitrogens with zero attached hydrogens (tertiary/aromatic N) is 3. The SMILES string of the molecule is Cc1cc(Cl)cc2sc(N(CCN3CCOCC3)C(=O)c3ccccc3Br)nc12. The van der Waals surface area contributed by atoms with Crippen molar-refractivity contribution in [2.45, 2.75) is 6.92 Å². The first-order valence-corrected chi connectivity index (χ1v) is 11.4. The van der Waals surface area contributed by atoms with Gasteiger partial charge in [0.25, 0.3) is 5.91 Å². The number of carbonyl (C=O) groups excluding carboxylic acids is 1. The molecule has 5 nitrogen and oxygen atoms in total. The number of fused-ring (bicyclic) bond motifs is 1. The van der Waals surface area contributed by atoms with Crippen LogP contribution in [0.25, 0.3) is 10.2 Å². The van der Waals surface area contributed by atoms with Gasteiger partial charge in [-0.15, -0.1) is 0 Å². The maximum atomic E-state index is 13.5. The molecule has 0 saturated carbocycles. The third kappa shape index (κ3) is 4.64. The Kier molecular flexibility index (Phi) is 6.51. The first-order chi connectivity index (χ1) is 14.0. The van der Waals surface area contributed by atoms with Gasteiger partial charge in [0.15, 0.2) is 5.13 Å². The number of anilines is 1. The third-order valence-corrected chi connectivity index (χ3v) is 6.90. The zero-order valence-electron chi connectivity index (χ0n) is 16.0. The molecule has 0 aliphatic carbocycles. The molecule has 0 bridgehead atoms. The molecule has 0 atom stereocenters. The summed E-state index contributed by atoms with van der Waals surface area (Å²) in [6.45, 7) is 6.55. The molecule has 0 N–H and O–H groups in total. The highest BCUT2D eigenvalue weighted by Crippen LogP contribution is 2.34. The van der Waals surface area contributed by atoms with Gasteiger partial charge in [0.2, 0.25) is 0 Å². The molecule has 152 valence electrons. The average Bonchev–Trinajstić information content (AvgIpc) is 3.13. The van der Waals surface area contributed by atoms with Gasteiger partial charge in [0, 0.05) is 35.7 Å². The largest absolute Gasteiger partial charge is 0.379 e. The fourth-order valence-corrected chi connectivity index (χ4v) is 5.29. The highest BCUT2D eigenvalue weighted by molar-refractivity contribution is 9.10. The summed E-state index contributed by atoms with van der Waals surface area (Å²) in [7, 11) is 0. The van der Waals surface area contributed by atoms with E-state index in [-0.39, 0.29) is 5.91 Å². The van der Waals surface area contributed by atoms with Crippen molar-refractivity contribution in [2.75, 3.05) is 44.3 Å². The van der Waals surface area contributed by atoms with Crippen LogP contribution in [0.15, 0.2) is 40.9 Å². The van der Waals surface area contributed by atoms with Crippen molar-refractivity contribution >= 4 is 60.1 Å². The van der Waals surface area contributed by atoms with E-state index in [4.69, 9.17) is 21.3 Å². The molecule has 2 heterocycles. The molecule has 4 rings (SSSR count). The molecule has 8 heteroatoms. The Bertz CT molecular complexity index is 1040. The topological polar surface area (TPSA) is 45.7 Å². The number of carbonyl (C=O) groups is 1. The van der Waals surface area contributed by atoms with Crippen LogP contribution in [0.5, 0.6) is 0 Å². The van der Waals surface area contributed by atoms with Crippen molar-refractivity contribution in [3.05, 3.63) is 57.0 Å². The second-order valence-electron chi connectivity index (χ2n) is 6.96. The van der Waals surface area contributed by atoms with Crippen molar-refractivity contribution < 1.29 is 9.53 Å². The smallest absolute Gasteiger partial charge is 0.261 e. The van der Waals surface area contributed by atoms with Crippen LogP contribution >= 0.6 is 38.9 Å². The molecule has 0 spiro atoms. The lowest BCUT2D eigenvalue weighted by Gasteiger charge is -2.29. The lowest BCUT2D eigenvalue weighted by molar-refractivity contribution is 0.0391. The molecule has 1 saturated heterocycles. The highest BCUT2D eigenvalue weighted by Gasteiger charge is 2.24. The normalized spacial score (nSPS) is 15.0. The maximum absolute atomic E-state index is 13.5. The number of rotatable bonds is 5. The van der Waals surface area contributed by atoms with Crippen LogP contribution in [0, 0.1) is 6.92 Å². The molecular formula is C21H21BrClN3O2S. The zero-order chi connectivity index (χ0) is 20.4. The van der Waals surface area contributed by atoms with Crippen LogP contribution in [0.3, 0.4) is 0 Å². The molecular weight excluding hydrogens is 474 g/mol. The van der Waals surface area contributed by atoms with Crippen molar-refractivity contribution in [2.24, 2.45) is 0 Å². The second-order valence-corrected chi connectivity index (χ2v) is 9.26. The predicted octanol–water partition coefficient (Wildman–Crippen LogP) is 5.00. The van der Waals surface area contributed by atoms with Gasteiger partial charge < -0.3 is 4.74 Å². The Labute approximate surface area is 187 Å². The van der Waals surface area contributed by atoms with Gasteiger partial charge in [0.1, 0.15) is 0 Å². The minimum atomic E-state index is -0.0615. The number of aryl methyl sites for hydroxylation is 1. The number of morpholine rings is 1. The minimum absolute atomic E-state index is 0.0615. The Balaban J connectivity index is 1.68. The van der Waals surface area contributed by atoms with Crippen molar-refractivity contribution in [3.8, 4) is 0 Å². The number of aromatic nitrogens is 1. The fourth-order valence-electron chi connectivity index (χ4n) is 3.39. The van der Waals surface area contributed by atoms with E-state index in [1.165, 1.54) is 11.3 Å². The van der Waals surface area contributed by atoms with Gasteiger partial charge in [0.05, 0.1) is 29.0 Å². The molecule has 1 aromatic heterocycles. The number of hydrogen-bond acceptors (Lipinski definition) is 5. The Morgan fingerprint density at radius 1 is 1.31 bits per heavy atom. The zero-order valence-corrected chi connectivity index (χ0v) is 19.2. The van der Waals surface area contributed by atoms with Crippen molar-refractivity contribution in [3.63, 3.8) is 0 Å². The number of benzene rings is 2. The molecule has 1 fully saturated rings. The van der Waals surface area contributed by atoms with E-state index < -0.39 is 0 Å². The van der Waals surface area contributed by atoms with Gasteiger partial charge in [-0.25, -0.2) is 4.98 Å².